The molecule has 4 N–H and O–H groups in total. The average molecular weight is 630 g/mol. The highest BCUT2D eigenvalue weighted by atomic mass is 16.6. The number of benzene rings is 4. The van der Waals surface area contributed by atoms with E-state index in [9.17, 15) is 4.79 Å². The molecule has 0 bridgehead atoms. The smallest absolute Gasteiger partial charge is 0.338 e. The van der Waals surface area contributed by atoms with Crippen LogP contribution in [0.3, 0.4) is 0 Å². The van der Waals surface area contributed by atoms with E-state index >= 15 is 0 Å². The first-order valence-electron chi connectivity index (χ1n) is 16.2. The van der Waals surface area contributed by atoms with Crippen LogP contribution in [-0.4, -0.2) is 19.2 Å². The van der Waals surface area contributed by atoms with Crippen molar-refractivity contribution in [2.45, 2.75) is 58.9 Å². The number of hydrogen-bond donors (Lipinski definition) is 3. The maximum Gasteiger partial charge on any atom is 0.338 e. The van der Waals surface area contributed by atoms with Crippen molar-refractivity contribution >= 4 is 11.7 Å². The van der Waals surface area contributed by atoms with Crippen molar-refractivity contribution in [2.24, 2.45) is 21.7 Å². The Kier molecular flexibility index (Phi) is 9.29. The number of nitrogens with zero attached hydrogens (tertiary/aromatic N) is 2. The molecule has 47 heavy (non-hydrogen) atoms. The molecule has 2 aliphatic rings. The lowest BCUT2D eigenvalue weighted by Gasteiger charge is -2.20. The van der Waals surface area contributed by atoms with Crippen LogP contribution in [0.4, 0.5) is 5.69 Å². The molecule has 0 aliphatic heterocycles. The van der Waals surface area contributed by atoms with Gasteiger partial charge in [0.15, 0.2) is 0 Å². The molecule has 0 saturated heterocycles. The average Bonchev–Trinajstić information content (AvgIpc) is 3.78. The van der Waals surface area contributed by atoms with Crippen LogP contribution in [-0.2, 0) is 17.7 Å². The van der Waals surface area contributed by atoms with E-state index in [1.165, 1.54) is 46.2 Å². The maximum atomic E-state index is 12.2. The van der Waals surface area contributed by atoms with E-state index in [1.807, 2.05) is 18.2 Å². The highest BCUT2D eigenvalue weighted by Gasteiger charge is 2.54. The van der Waals surface area contributed by atoms with Crippen LogP contribution in [0.25, 0.3) is 11.1 Å². The van der Waals surface area contributed by atoms with Crippen molar-refractivity contribution in [3.63, 3.8) is 0 Å². The molecule has 8 heteroatoms. The fourth-order valence-electron chi connectivity index (χ4n) is 7.17. The molecule has 0 aromatic heterocycles. The van der Waals surface area contributed by atoms with Crippen LogP contribution >= 0.6 is 0 Å². The molecule has 8 nitrogen and oxygen atoms in total. The normalized spacial score (nSPS) is 15.8. The van der Waals surface area contributed by atoms with Crippen molar-refractivity contribution < 1.29 is 14.3 Å². The quantitative estimate of drug-likeness (QED) is 0.0451. The van der Waals surface area contributed by atoms with Crippen LogP contribution in [0.15, 0.2) is 102 Å². The standard InChI is InChI=1S/C39H43N5O3/c1-25-19-33(46-17-18-47-38(45)29-9-6-5-7-10-29)20-26(2)37(25)34-12-8-11-30(28(34)4)24-41-32-13-14-35-31(22-32)23-39(15-16-39)36(35)21-27(3)42-44-43-40/h5-14,19-20,22,36,41H,3,15-18,21,23-24H2,1-2,4H3,(H2,40,44)(H,42,43). The monoisotopic (exact) mass is 629 g/mol. The van der Waals surface area contributed by atoms with Gasteiger partial charge < -0.3 is 20.6 Å². The van der Waals surface area contributed by atoms with E-state index < -0.39 is 0 Å². The van der Waals surface area contributed by atoms with Gasteiger partial charge in [-0.1, -0.05) is 59.5 Å². The zero-order valence-corrected chi connectivity index (χ0v) is 27.4. The summed E-state index contributed by atoms with van der Waals surface area (Å²) in [6, 6.07) is 26.5. The number of anilines is 1. The fraction of sp³-hybridized carbons (Fsp3) is 0.308. The first-order valence-corrected chi connectivity index (χ1v) is 16.2. The molecule has 1 saturated carbocycles. The number of rotatable bonds is 13. The molecule has 1 atom stereocenters. The van der Waals surface area contributed by atoms with Crippen molar-refractivity contribution in [1.82, 2.24) is 5.43 Å². The lowest BCUT2D eigenvalue weighted by atomic mass is 9.86. The second kappa shape index (κ2) is 13.7. The minimum atomic E-state index is -0.346. The minimum Gasteiger partial charge on any atom is -0.490 e. The zero-order valence-electron chi connectivity index (χ0n) is 27.4. The van der Waals surface area contributed by atoms with Gasteiger partial charge in [-0.05, 0) is 139 Å². The molecular formula is C39H43N5O3. The molecule has 0 heterocycles. The van der Waals surface area contributed by atoms with Gasteiger partial charge in [-0.15, -0.1) is 0 Å². The highest BCUT2D eigenvalue weighted by Crippen LogP contribution is 2.64. The molecule has 0 amide bonds. The summed E-state index contributed by atoms with van der Waals surface area (Å²) in [5.74, 6) is 6.02. The summed E-state index contributed by atoms with van der Waals surface area (Å²) in [4.78, 5) is 12.2. The van der Waals surface area contributed by atoms with Gasteiger partial charge in [0.05, 0.1) is 5.56 Å². The van der Waals surface area contributed by atoms with Gasteiger partial charge in [0.25, 0.3) is 0 Å². The summed E-state index contributed by atoms with van der Waals surface area (Å²) in [5, 5.41) is 10.7. The van der Waals surface area contributed by atoms with Gasteiger partial charge in [-0.3, -0.25) is 5.43 Å². The number of esters is 1. The molecule has 0 radical (unpaired) electrons. The molecule has 4 aromatic carbocycles. The molecule has 1 spiro atoms. The Morgan fingerprint density at radius 1 is 0.979 bits per heavy atom. The van der Waals surface area contributed by atoms with Crippen molar-refractivity contribution in [3.05, 3.63) is 130 Å². The maximum absolute atomic E-state index is 12.2. The number of nitrogens with one attached hydrogen (secondary N) is 2. The third-order valence-corrected chi connectivity index (χ3v) is 9.71. The van der Waals surface area contributed by atoms with Crippen molar-refractivity contribution in [2.75, 3.05) is 18.5 Å². The Balaban J connectivity index is 1.09. The van der Waals surface area contributed by atoms with Gasteiger partial charge in [0.2, 0.25) is 0 Å². The number of carbonyl (C=O) groups excluding carboxylic acids is 1. The third-order valence-electron chi connectivity index (χ3n) is 9.71. The Bertz CT molecular complexity index is 1790. The van der Waals surface area contributed by atoms with Gasteiger partial charge >= 0.3 is 5.97 Å². The van der Waals surface area contributed by atoms with E-state index in [4.69, 9.17) is 15.3 Å². The van der Waals surface area contributed by atoms with E-state index in [0.717, 1.165) is 47.6 Å². The van der Waals surface area contributed by atoms with Gasteiger partial charge in [0, 0.05) is 17.9 Å². The first-order chi connectivity index (χ1) is 22.8. The molecule has 242 valence electrons. The number of fused-ring (bicyclic) bond motifs is 1. The Morgan fingerprint density at radius 2 is 1.74 bits per heavy atom. The zero-order chi connectivity index (χ0) is 33.0. The number of nitrogens with two attached hydrogens (primary N) is 1. The molecule has 1 unspecified atom stereocenters. The highest BCUT2D eigenvalue weighted by molar-refractivity contribution is 5.89. The molecule has 1 fully saturated rings. The summed E-state index contributed by atoms with van der Waals surface area (Å²) in [5.41, 5.74) is 15.8. The van der Waals surface area contributed by atoms with E-state index in [0.29, 0.717) is 16.9 Å². The lowest BCUT2D eigenvalue weighted by Crippen LogP contribution is -2.14. The fourth-order valence-corrected chi connectivity index (χ4v) is 7.17. The summed E-state index contributed by atoms with van der Waals surface area (Å²) >= 11 is 0. The molecule has 2 aliphatic carbocycles. The predicted molar refractivity (Wildman–Crippen MR) is 186 cm³/mol. The lowest BCUT2D eigenvalue weighted by molar-refractivity contribution is 0.0450. The summed E-state index contributed by atoms with van der Waals surface area (Å²) in [6.45, 7) is 11.8. The number of allylic oxidation sites excluding steroid dienone is 1. The van der Waals surface area contributed by atoms with Crippen LogP contribution < -0.4 is 21.3 Å². The van der Waals surface area contributed by atoms with Gasteiger partial charge in [-0.25, -0.2) is 4.79 Å². The second-order valence-electron chi connectivity index (χ2n) is 12.9. The van der Waals surface area contributed by atoms with Crippen LogP contribution in [0.2, 0.25) is 0 Å². The number of ether oxygens (including phenoxy) is 2. The van der Waals surface area contributed by atoms with Gasteiger partial charge in [0.1, 0.15) is 19.0 Å². The SMILES string of the molecule is C=C(CC1c2ccc(NCc3cccc(-c4c(C)cc(OCCOC(=O)c5ccccc5)cc4C)c3C)cc2CC12CC2)N/N=N\N. The molecule has 4 aromatic rings. The number of aryl methyl sites for hydroxylation is 2. The number of hydrogen-bond acceptors (Lipinski definition) is 6. The summed E-state index contributed by atoms with van der Waals surface area (Å²) in [7, 11) is 0. The van der Waals surface area contributed by atoms with E-state index in [1.54, 1.807) is 12.1 Å². The Labute approximate surface area is 277 Å². The van der Waals surface area contributed by atoms with Crippen LogP contribution in [0, 0.1) is 26.2 Å². The van der Waals surface area contributed by atoms with Gasteiger partial charge in [-0.2, -0.15) is 0 Å². The summed E-state index contributed by atoms with van der Waals surface area (Å²) < 4.78 is 11.3. The minimum absolute atomic E-state index is 0.184. The largest absolute Gasteiger partial charge is 0.490 e. The van der Waals surface area contributed by atoms with Crippen LogP contribution in [0.5, 0.6) is 5.75 Å². The van der Waals surface area contributed by atoms with Crippen LogP contribution in [0.1, 0.15) is 68.9 Å². The topological polar surface area (TPSA) is 110 Å². The van der Waals surface area contributed by atoms with E-state index in [-0.39, 0.29) is 19.2 Å². The predicted octanol–water partition coefficient (Wildman–Crippen LogP) is 8.28. The molecular weight excluding hydrogens is 586 g/mol. The second-order valence-corrected chi connectivity index (χ2v) is 12.9. The summed E-state index contributed by atoms with van der Waals surface area (Å²) in [6.07, 6.45) is 4.45. The first kappa shape index (κ1) is 31.9. The molecule has 6 rings (SSSR count). The Morgan fingerprint density at radius 3 is 2.47 bits per heavy atom. The van der Waals surface area contributed by atoms with E-state index in [2.05, 4.69) is 97.1 Å². The van der Waals surface area contributed by atoms with Crippen molar-refractivity contribution in [1.29, 1.82) is 0 Å². The third kappa shape index (κ3) is 7.02. The Hall–Kier alpha value is -5.11. The number of carbonyl (C=O) groups is 1. The van der Waals surface area contributed by atoms with Crippen molar-refractivity contribution in [3.8, 4) is 16.9 Å².